The molecule has 0 fully saturated rings. The van der Waals surface area contributed by atoms with E-state index in [0.29, 0.717) is 24.4 Å². The van der Waals surface area contributed by atoms with E-state index < -0.39 is 20.4 Å². The average Bonchev–Trinajstić information content (AvgIpc) is 2.60. The molecular weight excluding hydrogens is 977 g/mol. The van der Waals surface area contributed by atoms with Crippen LogP contribution in [0, 0.1) is 39.8 Å². The zero-order chi connectivity index (χ0) is 23.1. The van der Waals surface area contributed by atoms with Gasteiger partial charge in [-0.1, -0.05) is 33.3 Å². The molecule has 0 amide bonds. The molecule has 0 heterocycles. The smallest absolute Gasteiger partial charge is 0.211 e. The molecule has 0 atom stereocenters. The van der Waals surface area contributed by atoms with Gasteiger partial charge in [0, 0.05) is 86.8 Å². The van der Waals surface area contributed by atoms with Gasteiger partial charge < -0.3 is 5.11 Å². The summed E-state index contributed by atoms with van der Waals surface area (Å²) in [7, 11) is 7.36. The first-order valence-electron chi connectivity index (χ1n) is 7.40. The molecule has 0 spiro atoms. The van der Waals surface area contributed by atoms with Crippen molar-refractivity contribution in [2.75, 3.05) is 0 Å². The summed E-state index contributed by atoms with van der Waals surface area (Å²) in [6, 6.07) is 12.5. The normalized spacial score (nSPS) is 8.71. The second-order valence-corrected chi connectivity index (χ2v) is 24.2. The van der Waals surface area contributed by atoms with Crippen LogP contribution in [-0.4, -0.2) is 20.5 Å². The van der Waals surface area contributed by atoms with Gasteiger partial charge in [-0.3, -0.25) is 4.79 Å². The van der Waals surface area contributed by atoms with Crippen LogP contribution in [0.4, 0.5) is 0 Å². The number of carboxylic acid groups (broad SMARTS) is 1. The van der Waals surface area contributed by atoms with Crippen LogP contribution in [0.1, 0.15) is 43.0 Å². The number of rotatable bonds is 2. The summed E-state index contributed by atoms with van der Waals surface area (Å²) in [4.78, 5) is 21.3. The Morgan fingerprint density at radius 2 is 1.23 bits per heavy atom. The largest absolute Gasteiger partial charge is 0.225 e. The van der Waals surface area contributed by atoms with E-state index in [9.17, 15) is 9.59 Å². The van der Waals surface area contributed by atoms with E-state index in [-0.39, 0.29) is 65.4 Å². The fourth-order valence-corrected chi connectivity index (χ4v) is 2.02. The molecule has 2 rings (SSSR count). The molecule has 0 bridgehead atoms. The SMILES string of the molecule is Cc1[c-]ccc(C(=O)Cl)c1C.Cc1[c-]ccc(C(=O)O)c1C.I[I-]I.O=S(Cl)Cl.[Y].[Y]. The van der Waals surface area contributed by atoms with E-state index in [0.717, 1.165) is 22.3 Å². The Morgan fingerprint density at radius 3 is 1.45 bits per heavy atom. The van der Waals surface area contributed by atoms with Crippen molar-refractivity contribution < 1.29 is 97.6 Å². The first-order chi connectivity index (χ1) is 13.4. The summed E-state index contributed by atoms with van der Waals surface area (Å²) >= 11 is 10.6. The summed E-state index contributed by atoms with van der Waals surface area (Å²) in [6.07, 6.45) is 0. The van der Waals surface area contributed by atoms with Crippen LogP contribution in [0.3, 0.4) is 0 Å². The van der Waals surface area contributed by atoms with Gasteiger partial charge in [0.1, 0.15) is 0 Å². The average molecular weight is 994 g/mol. The molecule has 2 radical (unpaired) electrons. The third kappa shape index (κ3) is 20.8. The minimum atomic E-state index is -1.67. The van der Waals surface area contributed by atoms with Crippen molar-refractivity contribution in [1.29, 1.82) is 0 Å². The Kier molecular flexibility index (Phi) is 32.8. The molecule has 0 saturated carbocycles. The maximum absolute atomic E-state index is 10.8. The van der Waals surface area contributed by atoms with Crippen molar-refractivity contribution in [3.8, 4) is 0 Å². The molecule has 4 nitrogen and oxygen atoms in total. The fourth-order valence-electron chi connectivity index (χ4n) is 1.82. The molecule has 0 unspecified atom stereocenters. The number of aryl methyl sites for hydroxylation is 2. The molecule has 2 aromatic carbocycles. The maximum atomic E-state index is 10.8. The van der Waals surface area contributed by atoms with Crippen LogP contribution in [-0.2, 0) is 74.6 Å². The topological polar surface area (TPSA) is 71.4 Å². The zero-order valence-electron chi connectivity index (χ0n) is 16.8. The van der Waals surface area contributed by atoms with E-state index in [2.05, 4.69) is 70.7 Å². The van der Waals surface area contributed by atoms with E-state index >= 15 is 0 Å². The Hall–Kier alpha value is 3.00. The number of halogens is 6. The predicted molar refractivity (Wildman–Crippen MR) is 135 cm³/mol. The molecule has 31 heavy (non-hydrogen) atoms. The van der Waals surface area contributed by atoms with Crippen molar-refractivity contribution in [3.05, 3.63) is 69.8 Å². The van der Waals surface area contributed by atoms with Gasteiger partial charge in [-0.2, -0.15) is 47.5 Å². The van der Waals surface area contributed by atoms with Gasteiger partial charge >= 0.3 is 56.5 Å². The number of carbonyl (C=O) groups excluding carboxylic acids is 1. The van der Waals surface area contributed by atoms with E-state index in [1.54, 1.807) is 31.2 Å². The molecule has 0 aliphatic carbocycles. The van der Waals surface area contributed by atoms with Gasteiger partial charge in [0.2, 0.25) is 14.5 Å². The minimum absolute atomic E-state index is 0. The number of aromatic carboxylic acids is 1. The van der Waals surface area contributed by atoms with Crippen LogP contribution in [0.15, 0.2) is 24.3 Å². The number of hydrogen-bond acceptors (Lipinski definition) is 3. The van der Waals surface area contributed by atoms with Crippen molar-refractivity contribution >= 4 is 90.6 Å². The molecule has 0 aromatic heterocycles. The summed E-state index contributed by atoms with van der Waals surface area (Å²) in [5.41, 5.74) is 4.50. The molecule has 2 aromatic rings. The van der Waals surface area contributed by atoms with Crippen LogP contribution >= 0.6 is 70.2 Å². The molecule has 0 saturated heterocycles. The number of carbonyl (C=O) groups is 2. The van der Waals surface area contributed by atoms with Gasteiger partial charge in [0.25, 0.3) is 0 Å². The summed E-state index contributed by atoms with van der Waals surface area (Å²) in [6.45, 7) is 7.40. The van der Waals surface area contributed by atoms with E-state index in [4.69, 9.17) is 20.9 Å². The molecule has 0 aliphatic rings. The van der Waals surface area contributed by atoms with Crippen molar-refractivity contribution in [2.24, 2.45) is 0 Å². The fraction of sp³-hybridized carbons (Fsp3) is 0.222. The van der Waals surface area contributed by atoms with Crippen LogP contribution in [0.5, 0.6) is 0 Å². The van der Waals surface area contributed by atoms with E-state index in [1.807, 2.05) is 20.8 Å². The molecule has 0 aliphatic heterocycles. The summed E-state index contributed by atoms with van der Waals surface area (Å²) < 4.78 is 9.09. The second kappa shape index (κ2) is 24.7. The minimum Gasteiger partial charge on any atom is -0.225 e. The van der Waals surface area contributed by atoms with Crippen LogP contribution in [0.25, 0.3) is 0 Å². The first kappa shape index (κ1) is 41.1. The van der Waals surface area contributed by atoms with Gasteiger partial charge in [-0.05, 0) is 17.2 Å². The third-order valence-electron chi connectivity index (χ3n) is 3.47. The Morgan fingerprint density at radius 1 is 0.935 bits per heavy atom. The van der Waals surface area contributed by atoms with Crippen molar-refractivity contribution in [2.45, 2.75) is 27.7 Å². The molecule has 13 heteroatoms. The standard InChI is InChI=1S/C9H8ClO.C9H9O2.Cl2OS.I3.2Y/c2*1-6-4-3-5-8(7(6)2)9(10)11;1-4(2)3;1-3-2;;/h3,5H,1-2H3;3,5H,1-2H3,(H,10,11);;;;/q2*-1;;-1;;. The van der Waals surface area contributed by atoms with Gasteiger partial charge in [0.15, 0.2) is 0 Å². The Balaban J connectivity index is -0.000000173. The quantitative estimate of drug-likeness (QED) is 0.280. The van der Waals surface area contributed by atoms with E-state index in [1.165, 1.54) is 0 Å². The molecule has 1 N–H and O–H groups in total. The van der Waals surface area contributed by atoms with Crippen molar-refractivity contribution in [3.63, 3.8) is 0 Å². The summed E-state index contributed by atoms with van der Waals surface area (Å²) in [5.74, 6) is -0.875. The number of hydrogen-bond donors (Lipinski definition) is 1. The molecular formula is C18H17Cl3I3O4SY2-3. The monoisotopic (exact) mass is 993 g/mol. The van der Waals surface area contributed by atoms with Crippen LogP contribution < -0.4 is 13.3 Å². The first-order valence-corrected chi connectivity index (χ1v) is 23.2. The Bertz CT molecular complexity index is 781. The zero-order valence-corrected chi connectivity index (χ0v) is 32.0. The van der Waals surface area contributed by atoms with Crippen LogP contribution in [0.2, 0.25) is 0 Å². The van der Waals surface area contributed by atoms with Gasteiger partial charge in [-0.15, -0.1) is 11.1 Å². The van der Waals surface area contributed by atoms with Gasteiger partial charge in [0.05, 0.1) is 0 Å². The second-order valence-electron chi connectivity index (χ2n) is 5.10. The summed E-state index contributed by atoms with van der Waals surface area (Å²) in [5, 5.41) is 8.27. The van der Waals surface area contributed by atoms with Crippen molar-refractivity contribution in [1.82, 2.24) is 0 Å². The Labute approximate surface area is 280 Å². The van der Waals surface area contributed by atoms with Gasteiger partial charge in [-0.25, -0.2) is 9.00 Å². The number of carboxylic acids is 1. The maximum Gasteiger partial charge on any atom is 0.211 e. The number of benzene rings is 2. The third-order valence-corrected chi connectivity index (χ3v) is 3.68. The molecule has 170 valence electrons. The predicted octanol–water partition coefficient (Wildman–Crippen LogP) is 4.10.